The molecule has 0 radical (unpaired) electrons. The maximum absolute atomic E-state index is 13.7. The van der Waals surface area contributed by atoms with Gasteiger partial charge in [0.1, 0.15) is 18.2 Å². The molecule has 1 unspecified atom stereocenters. The van der Waals surface area contributed by atoms with E-state index in [4.69, 9.17) is 4.74 Å². The van der Waals surface area contributed by atoms with Gasteiger partial charge in [-0.15, -0.1) is 0 Å². The molecule has 5 heteroatoms. The average Bonchev–Trinajstić information content (AvgIpc) is 2.82. The molecule has 3 rings (SSSR count). The zero-order valence-corrected chi connectivity index (χ0v) is 12.0. The number of carbonyl (C=O) groups is 1. The molecule has 0 spiro atoms. The predicted molar refractivity (Wildman–Crippen MR) is 76.2 cm³/mol. The van der Waals surface area contributed by atoms with E-state index < -0.39 is 11.7 Å². The van der Waals surface area contributed by atoms with Crippen LogP contribution in [0.2, 0.25) is 0 Å². The first-order valence-electron chi connectivity index (χ1n) is 6.13. The molecule has 20 heavy (non-hydrogen) atoms. The van der Waals surface area contributed by atoms with Gasteiger partial charge in [-0.3, -0.25) is 4.79 Å². The highest BCUT2D eigenvalue weighted by atomic mass is 79.9. The van der Waals surface area contributed by atoms with Gasteiger partial charge < -0.3 is 10.1 Å². The van der Waals surface area contributed by atoms with Gasteiger partial charge in [-0.2, -0.15) is 0 Å². The van der Waals surface area contributed by atoms with E-state index in [1.54, 1.807) is 6.07 Å². The van der Waals surface area contributed by atoms with Crippen molar-refractivity contribution in [2.24, 2.45) is 0 Å². The van der Waals surface area contributed by atoms with Gasteiger partial charge in [0.25, 0.3) is 5.91 Å². The van der Waals surface area contributed by atoms with Crippen LogP contribution >= 0.6 is 15.9 Å². The summed E-state index contributed by atoms with van der Waals surface area (Å²) in [5.41, 5.74) is 0.941. The summed E-state index contributed by atoms with van der Waals surface area (Å²) in [4.78, 5) is 12.1. The number of carbonyl (C=O) groups excluding carboxylic acids is 1. The maximum Gasteiger partial charge on any atom is 0.254 e. The summed E-state index contributed by atoms with van der Waals surface area (Å²) in [5.74, 6) is -0.238. The molecule has 0 aromatic heterocycles. The highest BCUT2D eigenvalue weighted by Crippen LogP contribution is 2.31. The molecule has 2 aromatic rings. The Balaban J connectivity index is 1.81. The minimum absolute atomic E-state index is 0.0255. The second-order valence-corrected chi connectivity index (χ2v) is 5.41. The monoisotopic (exact) mass is 335 g/mol. The molecule has 0 saturated carbocycles. The summed E-state index contributed by atoms with van der Waals surface area (Å²) in [7, 11) is 0. The Bertz CT molecular complexity index is 675. The normalized spacial score (nSPS) is 16.4. The number of amides is 1. The zero-order valence-electron chi connectivity index (χ0n) is 10.4. The van der Waals surface area contributed by atoms with E-state index in [2.05, 4.69) is 21.2 Å². The molecule has 102 valence electrons. The lowest BCUT2D eigenvalue weighted by Crippen LogP contribution is -2.30. The Hall–Kier alpha value is -1.88. The molecule has 1 aliphatic heterocycles. The van der Waals surface area contributed by atoms with Crippen molar-refractivity contribution < 1.29 is 13.9 Å². The summed E-state index contributed by atoms with van der Waals surface area (Å²) >= 11 is 3.16. The fourth-order valence-electron chi connectivity index (χ4n) is 2.19. The van der Waals surface area contributed by atoms with Crippen molar-refractivity contribution in [3.8, 4) is 5.75 Å². The fraction of sp³-hybridized carbons (Fsp3) is 0.133. The number of para-hydroxylation sites is 1. The second kappa shape index (κ2) is 5.25. The lowest BCUT2D eigenvalue weighted by molar-refractivity contribution is 0.0926. The van der Waals surface area contributed by atoms with Crippen molar-refractivity contribution in [2.75, 3.05) is 6.61 Å². The van der Waals surface area contributed by atoms with E-state index in [1.807, 2.05) is 24.3 Å². The molecule has 0 bridgehead atoms. The minimum Gasteiger partial charge on any atom is -0.491 e. The van der Waals surface area contributed by atoms with Crippen LogP contribution in [0, 0.1) is 5.82 Å². The number of nitrogens with one attached hydrogen (secondary N) is 1. The van der Waals surface area contributed by atoms with Crippen LogP contribution in [0.25, 0.3) is 0 Å². The van der Waals surface area contributed by atoms with Gasteiger partial charge in [0.15, 0.2) is 0 Å². The molecule has 2 aromatic carbocycles. The van der Waals surface area contributed by atoms with Crippen LogP contribution < -0.4 is 10.1 Å². The smallest absolute Gasteiger partial charge is 0.254 e. The number of hydrogen-bond donors (Lipinski definition) is 1. The van der Waals surface area contributed by atoms with Crippen molar-refractivity contribution in [2.45, 2.75) is 6.04 Å². The molecule has 0 saturated heterocycles. The van der Waals surface area contributed by atoms with Crippen LogP contribution in [-0.2, 0) is 0 Å². The summed E-state index contributed by atoms with van der Waals surface area (Å²) in [6, 6.07) is 11.6. The molecular weight excluding hydrogens is 325 g/mol. The van der Waals surface area contributed by atoms with Gasteiger partial charge in [-0.05, 0) is 24.3 Å². The molecule has 1 heterocycles. The third kappa shape index (κ3) is 2.41. The summed E-state index contributed by atoms with van der Waals surface area (Å²) < 4.78 is 19.8. The van der Waals surface area contributed by atoms with Gasteiger partial charge in [0.2, 0.25) is 0 Å². The minimum atomic E-state index is -0.552. The first-order chi connectivity index (χ1) is 9.65. The SMILES string of the molecule is O=C(NC1COc2ccccc21)c1ccc(Br)cc1F. The Morgan fingerprint density at radius 3 is 2.90 bits per heavy atom. The molecule has 1 aliphatic rings. The van der Waals surface area contributed by atoms with E-state index in [0.29, 0.717) is 11.1 Å². The summed E-state index contributed by atoms with van der Waals surface area (Å²) in [6.45, 7) is 0.364. The summed E-state index contributed by atoms with van der Waals surface area (Å²) in [5, 5.41) is 2.79. The van der Waals surface area contributed by atoms with Gasteiger partial charge in [0.05, 0.1) is 11.6 Å². The Kier molecular flexibility index (Phi) is 3.44. The van der Waals surface area contributed by atoms with Crippen molar-refractivity contribution in [3.05, 3.63) is 63.9 Å². The van der Waals surface area contributed by atoms with Crippen molar-refractivity contribution >= 4 is 21.8 Å². The van der Waals surface area contributed by atoms with Crippen LogP contribution in [0.5, 0.6) is 5.75 Å². The molecule has 0 fully saturated rings. The molecule has 0 aliphatic carbocycles. The molecule has 1 atom stereocenters. The molecule has 1 N–H and O–H groups in total. The standard InChI is InChI=1S/C15H11BrFNO2/c16-9-5-6-10(12(17)7-9)15(19)18-13-8-20-14-4-2-1-3-11(13)14/h1-7,13H,8H2,(H,18,19). The van der Waals surface area contributed by atoms with E-state index >= 15 is 0 Å². The molecule has 3 nitrogen and oxygen atoms in total. The van der Waals surface area contributed by atoms with E-state index in [-0.39, 0.29) is 11.6 Å². The third-order valence-corrected chi connectivity index (χ3v) is 3.67. The quantitative estimate of drug-likeness (QED) is 0.912. The zero-order chi connectivity index (χ0) is 14.1. The van der Waals surface area contributed by atoms with Crippen LogP contribution in [-0.4, -0.2) is 12.5 Å². The number of fused-ring (bicyclic) bond motifs is 1. The number of benzene rings is 2. The number of ether oxygens (including phenoxy) is 1. The average molecular weight is 336 g/mol. The van der Waals surface area contributed by atoms with E-state index in [0.717, 1.165) is 11.3 Å². The second-order valence-electron chi connectivity index (χ2n) is 4.50. The van der Waals surface area contributed by atoms with E-state index in [9.17, 15) is 9.18 Å². The fourth-order valence-corrected chi connectivity index (χ4v) is 2.52. The van der Waals surface area contributed by atoms with Crippen LogP contribution in [0.15, 0.2) is 46.9 Å². The van der Waals surface area contributed by atoms with Crippen LogP contribution in [0.3, 0.4) is 0 Å². The van der Waals surface area contributed by atoms with Crippen molar-refractivity contribution in [3.63, 3.8) is 0 Å². The molecule has 1 amide bonds. The topological polar surface area (TPSA) is 38.3 Å². The number of halogens is 2. The first-order valence-corrected chi connectivity index (χ1v) is 6.92. The lowest BCUT2D eigenvalue weighted by Gasteiger charge is -2.12. The van der Waals surface area contributed by atoms with Crippen molar-refractivity contribution in [1.29, 1.82) is 0 Å². The van der Waals surface area contributed by atoms with Crippen LogP contribution in [0.4, 0.5) is 4.39 Å². The number of rotatable bonds is 2. The van der Waals surface area contributed by atoms with Gasteiger partial charge in [0, 0.05) is 10.0 Å². The number of hydrogen-bond acceptors (Lipinski definition) is 2. The maximum atomic E-state index is 13.7. The van der Waals surface area contributed by atoms with Crippen LogP contribution in [0.1, 0.15) is 22.0 Å². The first kappa shape index (κ1) is 13.1. The Morgan fingerprint density at radius 2 is 2.10 bits per heavy atom. The highest BCUT2D eigenvalue weighted by Gasteiger charge is 2.26. The lowest BCUT2D eigenvalue weighted by atomic mass is 10.1. The van der Waals surface area contributed by atoms with E-state index in [1.165, 1.54) is 12.1 Å². The predicted octanol–water partition coefficient (Wildman–Crippen LogP) is 3.45. The highest BCUT2D eigenvalue weighted by molar-refractivity contribution is 9.10. The summed E-state index contributed by atoms with van der Waals surface area (Å²) in [6.07, 6.45) is 0. The Morgan fingerprint density at radius 1 is 1.30 bits per heavy atom. The Labute approximate surface area is 123 Å². The largest absolute Gasteiger partial charge is 0.491 e. The molecular formula is C15H11BrFNO2. The van der Waals surface area contributed by atoms with Crippen molar-refractivity contribution in [1.82, 2.24) is 5.32 Å². The van der Waals surface area contributed by atoms with Gasteiger partial charge in [-0.1, -0.05) is 34.1 Å². The van der Waals surface area contributed by atoms with Gasteiger partial charge >= 0.3 is 0 Å². The van der Waals surface area contributed by atoms with Gasteiger partial charge in [-0.25, -0.2) is 4.39 Å². The third-order valence-electron chi connectivity index (χ3n) is 3.18.